The van der Waals surface area contributed by atoms with Gasteiger partial charge in [-0.25, -0.2) is 9.98 Å². The summed E-state index contributed by atoms with van der Waals surface area (Å²) >= 11 is 0. The summed E-state index contributed by atoms with van der Waals surface area (Å²) in [5, 5.41) is 3.53. The number of nitrogens with one attached hydrogen (secondary N) is 1. The molecule has 0 radical (unpaired) electrons. The zero-order valence-electron chi connectivity index (χ0n) is 20.6. The molecule has 1 N–H and O–H groups in total. The number of hydrogen-bond donors (Lipinski definition) is 1. The largest absolute Gasteiger partial charge is 0.497 e. The van der Waals surface area contributed by atoms with Crippen molar-refractivity contribution in [2.45, 2.75) is 0 Å². The van der Waals surface area contributed by atoms with E-state index < -0.39 is 0 Å². The van der Waals surface area contributed by atoms with Crippen LogP contribution in [-0.4, -0.2) is 25.9 Å². The first-order valence-electron chi connectivity index (χ1n) is 12.1. The van der Waals surface area contributed by atoms with Crippen LogP contribution in [0.4, 0.5) is 0 Å². The molecule has 0 saturated heterocycles. The highest BCUT2D eigenvalue weighted by Crippen LogP contribution is 2.33. The number of aliphatic imine (C=N–C) groups is 2. The molecule has 180 valence electrons. The summed E-state index contributed by atoms with van der Waals surface area (Å²) in [4.78, 5) is 9.97. The second-order valence-corrected chi connectivity index (χ2v) is 8.75. The fourth-order valence-electron chi connectivity index (χ4n) is 4.55. The molecular formula is C32H25N3O2. The van der Waals surface area contributed by atoms with Crippen molar-refractivity contribution < 1.29 is 9.47 Å². The Kier molecular flexibility index (Phi) is 5.87. The lowest BCUT2D eigenvalue weighted by Gasteiger charge is -2.03. The number of rotatable bonds is 4. The summed E-state index contributed by atoms with van der Waals surface area (Å²) < 4.78 is 10.6. The molecule has 6 rings (SSSR count). The molecule has 0 aliphatic carbocycles. The second-order valence-electron chi connectivity index (χ2n) is 8.75. The Morgan fingerprint density at radius 3 is 1.78 bits per heavy atom. The summed E-state index contributed by atoms with van der Waals surface area (Å²) in [6.45, 7) is 0. The van der Waals surface area contributed by atoms with E-state index in [1.807, 2.05) is 72.8 Å². The molecule has 0 fully saturated rings. The first-order valence-corrected chi connectivity index (χ1v) is 12.1. The minimum absolute atomic E-state index is 0.693. The van der Waals surface area contributed by atoms with Gasteiger partial charge in [-0.3, -0.25) is 0 Å². The van der Waals surface area contributed by atoms with Gasteiger partial charge in [-0.1, -0.05) is 72.8 Å². The Hall–Kier alpha value is -4.90. The van der Waals surface area contributed by atoms with Gasteiger partial charge in [-0.2, -0.15) is 0 Å². The van der Waals surface area contributed by atoms with Crippen molar-refractivity contribution >= 4 is 35.2 Å². The van der Waals surface area contributed by atoms with Gasteiger partial charge in [0.25, 0.3) is 0 Å². The lowest BCUT2D eigenvalue weighted by atomic mass is 10.0. The SMILES string of the molecule is COc1ccc(/C=C2\N=C(N=C3N/C(=C\c4ccc(OC)cc4)c4ccccc43)c3ccccc32)cc1. The molecule has 4 aromatic carbocycles. The first-order chi connectivity index (χ1) is 18.2. The van der Waals surface area contributed by atoms with Gasteiger partial charge in [0.2, 0.25) is 0 Å². The predicted molar refractivity (Wildman–Crippen MR) is 151 cm³/mol. The summed E-state index contributed by atoms with van der Waals surface area (Å²) in [5.74, 6) is 3.14. The number of methoxy groups -OCH3 is 2. The van der Waals surface area contributed by atoms with E-state index in [0.717, 1.165) is 62.1 Å². The molecule has 0 amide bonds. The van der Waals surface area contributed by atoms with Gasteiger partial charge in [0.15, 0.2) is 5.84 Å². The maximum Gasteiger partial charge on any atom is 0.162 e. The van der Waals surface area contributed by atoms with Crippen molar-refractivity contribution in [3.63, 3.8) is 0 Å². The molecule has 2 heterocycles. The lowest BCUT2D eigenvalue weighted by Crippen LogP contribution is -2.16. The highest BCUT2D eigenvalue weighted by atomic mass is 16.5. The summed E-state index contributed by atoms with van der Waals surface area (Å²) in [7, 11) is 3.34. The van der Waals surface area contributed by atoms with Crippen LogP contribution in [0.25, 0.3) is 23.5 Å². The average molecular weight is 484 g/mol. The maximum absolute atomic E-state index is 5.29. The first kappa shape index (κ1) is 22.6. The quantitative estimate of drug-likeness (QED) is 0.360. The summed E-state index contributed by atoms with van der Waals surface area (Å²) in [6, 6.07) is 32.5. The van der Waals surface area contributed by atoms with Crippen LogP contribution in [-0.2, 0) is 0 Å². The Morgan fingerprint density at radius 2 is 1.16 bits per heavy atom. The molecule has 2 aliphatic rings. The van der Waals surface area contributed by atoms with E-state index >= 15 is 0 Å². The van der Waals surface area contributed by atoms with Crippen molar-refractivity contribution in [1.29, 1.82) is 0 Å². The third-order valence-electron chi connectivity index (χ3n) is 6.46. The number of hydrogen-bond acceptors (Lipinski definition) is 4. The van der Waals surface area contributed by atoms with Gasteiger partial charge < -0.3 is 14.8 Å². The van der Waals surface area contributed by atoms with E-state index in [4.69, 9.17) is 19.5 Å². The Balaban J connectivity index is 1.38. The van der Waals surface area contributed by atoms with E-state index in [9.17, 15) is 0 Å². The van der Waals surface area contributed by atoms with Gasteiger partial charge in [-0.05, 0) is 47.5 Å². The smallest absolute Gasteiger partial charge is 0.162 e. The molecule has 0 aromatic heterocycles. The normalized spacial score (nSPS) is 16.9. The zero-order valence-corrected chi connectivity index (χ0v) is 20.6. The van der Waals surface area contributed by atoms with Crippen molar-refractivity contribution in [3.8, 4) is 11.5 Å². The third-order valence-corrected chi connectivity index (χ3v) is 6.46. The van der Waals surface area contributed by atoms with E-state index in [0.29, 0.717) is 5.84 Å². The molecule has 0 saturated carbocycles. The summed E-state index contributed by atoms with van der Waals surface area (Å²) in [5.41, 5.74) is 8.26. The Labute approximate surface area is 216 Å². The van der Waals surface area contributed by atoms with Gasteiger partial charge in [0, 0.05) is 28.0 Å². The van der Waals surface area contributed by atoms with Gasteiger partial charge in [0.05, 0.1) is 19.9 Å². The molecule has 5 nitrogen and oxygen atoms in total. The van der Waals surface area contributed by atoms with Crippen LogP contribution in [0.2, 0.25) is 0 Å². The van der Waals surface area contributed by atoms with Crippen LogP contribution in [0.3, 0.4) is 0 Å². The number of benzene rings is 4. The molecular weight excluding hydrogens is 458 g/mol. The zero-order chi connectivity index (χ0) is 25.2. The van der Waals surface area contributed by atoms with Crippen LogP contribution in [0.15, 0.2) is 107 Å². The molecule has 2 aliphatic heterocycles. The number of nitrogens with zero attached hydrogens (tertiary/aromatic N) is 2. The highest BCUT2D eigenvalue weighted by Gasteiger charge is 2.25. The van der Waals surface area contributed by atoms with E-state index in [2.05, 4.69) is 41.7 Å². The Morgan fingerprint density at radius 1 is 0.622 bits per heavy atom. The molecule has 0 spiro atoms. The van der Waals surface area contributed by atoms with Crippen LogP contribution < -0.4 is 14.8 Å². The number of amidine groups is 2. The second kappa shape index (κ2) is 9.63. The van der Waals surface area contributed by atoms with E-state index in [1.165, 1.54) is 0 Å². The number of ether oxygens (including phenoxy) is 2. The molecule has 37 heavy (non-hydrogen) atoms. The lowest BCUT2D eigenvalue weighted by molar-refractivity contribution is 0.414. The Bertz CT molecular complexity index is 1590. The van der Waals surface area contributed by atoms with Crippen LogP contribution in [0, 0.1) is 0 Å². The van der Waals surface area contributed by atoms with E-state index in [-0.39, 0.29) is 0 Å². The standard InChI is InChI=1S/C32H25N3O2/c1-36-23-15-11-21(12-16-23)19-29-25-7-3-5-9-27(25)31(33-29)35-32-28-10-6-4-8-26(28)30(34-32)20-22-13-17-24(37-2)18-14-22/h3-20H,1-2H3,(H,33,34,35)/b29-19-,30-20-. The molecule has 0 atom stereocenters. The maximum atomic E-state index is 5.29. The summed E-state index contributed by atoms with van der Waals surface area (Å²) in [6.07, 6.45) is 4.21. The number of fused-ring (bicyclic) bond motifs is 2. The molecule has 5 heteroatoms. The molecule has 0 bridgehead atoms. The molecule has 4 aromatic rings. The third kappa shape index (κ3) is 4.43. The van der Waals surface area contributed by atoms with Gasteiger partial charge >= 0.3 is 0 Å². The van der Waals surface area contributed by atoms with Crippen LogP contribution in [0.5, 0.6) is 11.5 Å². The van der Waals surface area contributed by atoms with Crippen molar-refractivity contribution in [3.05, 3.63) is 130 Å². The van der Waals surface area contributed by atoms with E-state index in [1.54, 1.807) is 14.2 Å². The minimum atomic E-state index is 0.693. The van der Waals surface area contributed by atoms with Gasteiger partial charge in [0.1, 0.15) is 17.3 Å². The van der Waals surface area contributed by atoms with Crippen molar-refractivity contribution in [2.75, 3.05) is 14.2 Å². The predicted octanol–water partition coefficient (Wildman–Crippen LogP) is 6.51. The van der Waals surface area contributed by atoms with Crippen molar-refractivity contribution in [1.82, 2.24) is 5.32 Å². The fraction of sp³-hybridized carbons (Fsp3) is 0.0625. The molecule has 0 unspecified atom stereocenters. The average Bonchev–Trinajstić information content (AvgIpc) is 3.47. The highest BCUT2D eigenvalue weighted by molar-refractivity contribution is 6.22. The van der Waals surface area contributed by atoms with Crippen LogP contribution >= 0.6 is 0 Å². The monoisotopic (exact) mass is 483 g/mol. The fourth-order valence-corrected chi connectivity index (χ4v) is 4.55. The topological polar surface area (TPSA) is 55.2 Å². The van der Waals surface area contributed by atoms with Crippen molar-refractivity contribution in [2.24, 2.45) is 9.98 Å². The van der Waals surface area contributed by atoms with Crippen LogP contribution in [0.1, 0.15) is 33.4 Å². The van der Waals surface area contributed by atoms with Gasteiger partial charge in [-0.15, -0.1) is 0 Å². The minimum Gasteiger partial charge on any atom is -0.497 e.